The molecule has 0 saturated carbocycles. The van der Waals surface area contributed by atoms with E-state index in [0.29, 0.717) is 11.4 Å². The minimum atomic E-state index is -3.66. The van der Waals surface area contributed by atoms with Crippen molar-refractivity contribution in [1.82, 2.24) is 14.3 Å². The molecule has 2 aromatic rings. The van der Waals surface area contributed by atoms with E-state index in [1.807, 2.05) is 0 Å². The molecule has 1 aromatic carbocycles. The third kappa shape index (κ3) is 3.01. The number of aliphatic hydroxyl groups is 1. The third-order valence-electron chi connectivity index (χ3n) is 2.77. The van der Waals surface area contributed by atoms with Crippen LogP contribution in [0.1, 0.15) is 11.4 Å². The molecule has 102 valence electrons. The van der Waals surface area contributed by atoms with E-state index in [9.17, 15) is 8.42 Å². The molecular weight excluding hydrogens is 266 g/mol. The number of sulfonamides is 1. The van der Waals surface area contributed by atoms with Gasteiger partial charge >= 0.3 is 0 Å². The standard InChI is InChI=1S/C12H15N3O3S/c1-15-7-6-13-12(15)8-14-19(17,18)11-5-3-2-4-10(11)9-16/h2-7,14,16H,8-9H2,1H3. The van der Waals surface area contributed by atoms with Crippen LogP contribution in [0.4, 0.5) is 0 Å². The van der Waals surface area contributed by atoms with Crippen molar-refractivity contribution in [1.29, 1.82) is 0 Å². The van der Waals surface area contributed by atoms with E-state index < -0.39 is 10.0 Å². The summed E-state index contributed by atoms with van der Waals surface area (Å²) in [6.45, 7) is -0.217. The predicted octanol–water partition coefficient (Wildman–Crippen LogP) is 0.391. The fourth-order valence-electron chi connectivity index (χ4n) is 1.70. The molecule has 0 aliphatic carbocycles. The fourth-order valence-corrected chi connectivity index (χ4v) is 2.91. The number of hydrogen-bond donors (Lipinski definition) is 2. The van der Waals surface area contributed by atoms with Crippen LogP contribution in [0, 0.1) is 0 Å². The van der Waals surface area contributed by atoms with Crippen molar-refractivity contribution < 1.29 is 13.5 Å². The van der Waals surface area contributed by atoms with E-state index in [1.165, 1.54) is 6.07 Å². The smallest absolute Gasteiger partial charge is 0.241 e. The Balaban J connectivity index is 2.21. The summed E-state index contributed by atoms with van der Waals surface area (Å²) < 4.78 is 28.5. The Kier molecular flexibility index (Phi) is 3.98. The first-order chi connectivity index (χ1) is 9.04. The molecule has 1 aromatic heterocycles. The summed E-state index contributed by atoms with van der Waals surface area (Å²) >= 11 is 0. The highest BCUT2D eigenvalue weighted by Crippen LogP contribution is 2.15. The number of aromatic nitrogens is 2. The highest BCUT2D eigenvalue weighted by molar-refractivity contribution is 7.89. The van der Waals surface area contributed by atoms with Crippen molar-refractivity contribution in [2.45, 2.75) is 18.0 Å². The lowest BCUT2D eigenvalue weighted by atomic mass is 10.2. The molecule has 0 saturated heterocycles. The van der Waals surface area contributed by atoms with Gasteiger partial charge in [-0.25, -0.2) is 18.1 Å². The van der Waals surface area contributed by atoms with Crippen molar-refractivity contribution in [3.05, 3.63) is 48.0 Å². The van der Waals surface area contributed by atoms with Gasteiger partial charge in [-0.05, 0) is 11.6 Å². The van der Waals surface area contributed by atoms with Crippen molar-refractivity contribution in [2.75, 3.05) is 0 Å². The SMILES string of the molecule is Cn1ccnc1CNS(=O)(=O)c1ccccc1CO. The highest BCUT2D eigenvalue weighted by atomic mass is 32.2. The molecule has 0 aliphatic rings. The average Bonchev–Trinajstić information content (AvgIpc) is 2.82. The van der Waals surface area contributed by atoms with Gasteiger partial charge < -0.3 is 9.67 Å². The van der Waals surface area contributed by atoms with E-state index >= 15 is 0 Å². The molecule has 0 fully saturated rings. The van der Waals surface area contributed by atoms with Crippen LogP contribution in [0.25, 0.3) is 0 Å². The molecule has 0 aliphatic heterocycles. The van der Waals surface area contributed by atoms with Crippen molar-refractivity contribution in [3.63, 3.8) is 0 Å². The molecule has 6 nitrogen and oxygen atoms in total. The van der Waals surface area contributed by atoms with E-state index in [2.05, 4.69) is 9.71 Å². The van der Waals surface area contributed by atoms with Crippen LogP contribution in [0.3, 0.4) is 0 Å². The molecule has 0 radical (unpaired) electrons. The molecule has 0 spiro atoms. The molecule has 0 unspecified atom stereocenters. The highest BCUT2D eigenvalue weighted by Gasteiger charge is 2.17. The molecule has 1 heterocycles. The normalized spacial score (nSPS) is 11.7. The lowest BCUT2D eigenvalue weighted by Gasteiger charge is -2.09. The van der Waals surface area contributed by atoms with Crippen LogP contribution in [-0.4, -0.2) is 23.1 Å². The average molecular weight is 281 g/mol. The first kappa shape index (κ1) is 13.7. The number of imidazole rings is 1. The van der Waals surface area contributed by atoms with E-state index in [1.54, 1.807) is 42.2 Å². The zero-order valence-electron chi connectivity index (χ0n) is 10.4. The number of aryl methyl sites for hydroxylation is 1. The zero-order chi connectivity index (χ0) is 13.9. The zero-order valence-corrected chi connectivity index (χ0v) is 11.3. The number of nitrogens with zero attached hydrogens (tertiary/aromatic N) is 2. The number of benzene rings is 1. The minimum Gasteiger partial charge on any atom is -0.392 e. The van der Waals surface area contributed by atoms with Crippen LogP contribution in [-0.2, 0) is 30.2 Å². The molecule has 7 heteroatoms. The number of nitrogens with one attached hydrogen (secondary N) is 1. The predicted molar refractivity (Wildman–Crippen MR) is 69.6 cm³/mol. The van der Waals surface area contributed by atoms with Gasteiger partial charge in [0.25, 0.3) is 0 Å². The summed E-state index contributed by atoms with van der Waals surface area (Å²) in [6.07, 6.45) is 3.34. The summed E-state index contributed by atoms with van der Waals surface area (Å²) in [7, 11) is -1.87. The molecule has 2 rings (SSSR count). The van der Waals surface area contributed by atoms with Crippen LogP contribution >= 0.6 is 0 Å². The molecule has 0 bridgehead atoms. The van der Waals surface area contributed by atoms with Crippen LogP contribution in [0.2, 0.25) is 0 Å². The summed E-state index contributed by atoms with van der Waals surface area (Å²) in [4.78, 5) is 4.13. The first-order valence-electron chi connectivity index (χ1n) is 5.69. The Morgan fingerprint density at radius 2 is 2.11 bits per heavy atom. The first-order valence-corrected chi connectivity index (χ1v) is 7.17. The Hall–Kier alpha value is -1.70. The van der Waals surface area contributed by atoms with Crippen LogP contribution in [0.15, 0.2) is 41.6 Å². The Labute approximate surface area is 111 Å². The summed E-state index contributed by atoms with van der Waals surface area (Å²) in [5.74, 6) is 0.616. The van der Waals surface area contributed by atoms with Gasteiger partial charge in [-0.3, -0.25) is 0 Å². The van der Waals surface area contributed by atoms with E-state index in [4.69, 9.17) is 5.11 Å². The lowest BCUT2D eigenvalue weighted by Crippen LogP contribution is -2.25. The van der Waals surface area contributed by atoms with E-state index in [0.717, 1.165) is 0 Å². The van der Waals surface area contributed by atoms with Gasteiger partial charge in [0, 0.05) is 19.4 Å². The quantitative estimate of drug-likeness (QED) is 0.830. The monoisotopic (exact) mass is 281 g/mol. The maximum atomic E-state index is 12.2. The largest absolute Gasteiger partial charge is 0.392 e. The molecule has 19 heavy (non-hydrogen) atoms. The second-order valence-corrected chi connectivity index (χ2v) is 5.78. The topological polar surface area (TPSA) is 84.2 Å². The van der Waals surface area contributed by atoms with Crippen LogP contribution < -0.4 is 4.72 Å². The van der Waals surface area contributed by atoms with Crippen LogP contribution in [0.5, 0.6) is 0 Å². The fraction of sp³-hybridized carbons (Fsp3) is 0.250. The van der Waals surface area contributed by atoms with Crippen molar-refractivity contribution in [3.8, 4) is 0 Å². The summed E-state index contributed by atoms with van der Waals surface area (Å²) in [6, 6.07) is 6.35. The summed E-state index contributed by atoms with van der Waals surface area (Å²) in [5, 5.41) is 9.17. The Bertz CT molecular complexity index is 664. The summed E-state index contributed by atoms with van der Waals surface area (Å²) in [5.41, 5.74) is 0.370. The number of rotatable bonds is 5. The molecule has 0 atom stereocenters. The second-order valence-electron chi connectivity index (χ2n) is 4.04. The molecule has 0 amide bonds. The van der Waals surface area contributed by atoms with Crippen molar-refractivity contribution >= 4 is 10.0 Å². The third-order valence-corrected chi connectivity index (χ3v) is 4.28. The Morgan fingerprint density at radius 1 is 1.37 bits per heavy atom. The van der Waals surface area contributed by atoms with Crippen molar-refractivity contribution in [2.24, 2.45) is 7.05 Å². The van der Waals surface area contributed by atoms with Gasteiger partial charge in [0.05, 0.1) is 18.0 Å². The van der Waals surface area contributed by atoms with Gasteiger partial charge in [0.15, 0.2) is 0 Å². The number of aliphatic hydroxyl groups excluding tert-OH is 1. The minimum absolute atomic E-state index is 0.0895. The maximum absolute atomic E-state index is 12.2. The Morgan fingerprint density at radius 3 is 2.74 bits per heavy atom. The maximum Gasteiger partial charge on any atom is 0.241 e. The second kappa shape index (κ2) is 5.52. The van der Waals surface area contributed by atoms with Gasteiger partial charge in [-0.15, -0.1) is 0 Å². The van der Waals surface area contributed by atoms with Gasteiger partial charge in [-0.2, -0.15) is 0 Å². The van der Waals surface area contributed by atoms with Gasteiger partial charge in [0.1, 0.15) is 5.82 Å². The molecular formula is C12H15N3O3S. The molecule has 2 N–H and O–H groups in total. The lowest BCUT2D eigenvalue weighted by molar-refractivity contribution is 0.278. The number of hydrogen-bond acceptors (Lipinski definition) is 4. The van der Waals surface area contributed by atoms with E-state index in [-0.39, 0.29) is 18.0 Å². The van der Waals surface area contributed by atoms with Gasteiger partial charge in [0.2, 0.25) is 10.0 Å². The van der Waals surface area contributed by atoms with Gasteiger partial charge in [-0.1, -0.05) is 18.2 Å².